The van der Waals surface area contributed by atoms with E-state index in [0.717, 1.165) is 18.5 Å². The first-order chi connectivity index (χ1) is 17.4. The quantitative estimate of drug-likeness (QED) is 0.518. The van der Waals surface area contributed by atoms with Crippen molar-refractivity contribution in [3.05, 3.63) is 18.2 Å². The molecule has 1 saturated heterocycles. The summed E-state index contributed by atoms with van der Waals surface area (Å²) in [5.74, 6) is 0.330. The molecule has 4 rings (SSSR count). The molecule has 1 aliphatic carbocycles. The maximum atomic E-state index is 13.9. The third-order valence-electron chi connectivity index (χ3n) is 7.23. The minimum atomic E-state index is -0.964. The smallest absolute Gasteiger partial charge is 0.270 e. The van der Waals surface area contributed by atoms with Crippen LogP contribution in [0.3, 0.4) is 0 Å². The lowest BCUT2D eigenvalue weighted by Crippen LogP contribution is -2.54. The van der Waals surface area contributed by atoms with Gasteiger partial charge in [-0.15, -0.1) is 0 Å². The second-order valence-electron chi connectivity index (χ2n) is 12.0. The van der Waals surface area contributed by atoms with Gasteiger partial charge >= 0.3 is 0 Å². The lowest BCUT2D eigenvalue weighted by atomic mass is 9.91. The highest BCUT2D eigenvalue weighted by Crippen LogP contribution is 2.42. The Morgan fingerprint density at radius 2 is 1.97 bits per heavy atom. The van der Waals surface area contributed by atoms with E-state index in [2.05, 4.69) is 10.6 Å². The Bertz CT molecular complexity index is 1030. The summed E-state index contributed by atoms with van der Waals surface area (Å²) in [6, 6.07) is 5.76. The molecule has 0 radical (unpaired) electrons. The molecule has 2 aliphatic heterocycles. The molecule has 2 atom stereocenters. The lowest BCUT2D eigenvalue weighted by Gasteiger charge is -2.40. The zero-order valence-corrected chi connectivity index (χ0v) is 23.1. The minimum Gasteiger partial charge on any atom is -0.476 e. The summed E-state index contributed by atoms with van der Waals surface area (Å²) in [5.41, 5.74) is 0.0189. The van der Waals surface area contributed by atoms with Crippen LogP contribution in [0.1, 0.15) is 60.3 Å². The number of ether oxygens (including phenoxy) is 2. The van der Waals surface area contributed by atoms with Gasteiger partial charge in [-0.1, -0.05) is 20.8 Å². The van der Waals surface area contributed by atoms with Crippen molar-refractivity contribution in [3.8, 4) is 5.75 Å². The van der Waals surface area contributed by atoms with E-state index in [-0.39, 0.29) is 35.7 Å². The van der Waals surface area contributed by atoms with Crippen LogP contribution in [0.4, 0.5) is 11.4 Å². The van der Waals surface area contributed by atoms with Gasteiger partial charge in [0.2, 0.25) is 11.8 Å². The van der Waals surface area contributed by atoms with Crippen molar-refractivity contribution in [1.29, 1.82) is 0 Å². The molecule has 0 bridgehead atoms. The van der Waals surface area contributed by atoms with E-state index < -0.39 is 11.0 Å². The summed E-state index contributed by atoms with van der Waals surface area (Å²) in [7, 11) is 1.65. The number of amides is 3. The van der Waals surface area contributed by atoms with Crippen molar-refractivity contribution < 1.29 is 23.9 Å². The summed E-state index contributed by atoms with van der Waals surface area (Å²) < 4.78 is 11.3. The van der Waals surface area contributed by atoms with Crippen LogP contribution in [-0.4, -0.2) is 68.8 Å². The van der Waals surface area contributed by atoms with Gasteiger partial charge in [-0.05, 0) is 57.7 Å². The van der Waals surface area contributed by atoms with Gasteiger partial charge in [0.1, 0.15) is 5.75 Å². The van der Waals surface area contributed by atoms with Gasteiger partial charge in [-0.2, -0.15) is 0 Å². The molecule has 0 spiro atoms. The Hall–Kier alpha value is -2.65. The summed E-state index contributed by atoms with van der Waals surface area (Å²) in [4.78, 5) is 43.3. The molecular weight excluding hydrogens is 472 g/mol. The fraction of sp³-hybridized carbons (Fsp3) is 0.679. The maximum absolute atomic E-state index is 13.9. The fourth-order valence-corrected chi connectivity index (χ4v) is 4.98. The highest BCUT2D eigenvalue weighted by molar-refractivity contribution is 6.04. The average Bonchev–Trinajstić information content (AvgIpc) is 3.66. The zero-order valence-electron chi connectivity index (χ0n) is 23.1. The molecular formula is C28H42N4O5. The van der Waals surface area contributed by atoms with Gasteiger partial charge in [0.25, 0.3) is 5.91 Å². The summed E-state index contributed by atoms with van der Waals surface area (Å²) in [6.07, 6.45) is 3.20. The molecule has 3 amide bonds. The van der Waals surface area contributed by atoms with E-state index in [1.165, 1.54) is 0 Å². The fourth-order valence-electron chi connectivity index (χ4n) is 4.98. The van der Waals surface area contributed by atoms with Gasteiger partial charge in [-0.25, -0.2) is 0 Å². The van der Waals surface area contributed by atoms with E-state index in [0.29, 0.717) is 50.5 Å². The van der Waals surface area contributed by atoms with Crippen LogP contribution in [-0.2, 0) is 19.1 Å². The molecule has 9 nitrogen and oxygen atoms in total. The SMILES string of the molecule is COCCCN1C(=O)C(C)(C)Oc2ccc(N(C(=O)C3CNCC(NC(=O)C(C)(C)C)C3)C3CC3)cc21. The van der Waals surface area contributed by atoms with Crippen molar-refractivity contribution in [2.75, 3.05) is 43.2 Å². The van der Waals surface area contributed by atoms with Gasteiger partial charge in [0.15, 0.2) is 5.60 Å². The van der Waals surface area contributed by atoms with Crippen LogP contribution in [0.2, 0.25) is 0 Å². The third-order valence-corrected chi connectivity index (χ3v) is 7.23. The van der Waals surface area contributed by atoms with Crippen molar-refractivity contribution in [2.24, 2.45) is 11.3 Å². The minimum absolute atomic E-state index is 0.0118. The van der Waals surface area contributed by atoms with Crippen LogP contribution in [0.15, 0.2) is 18.2 Å². The number of carbonyl (C=O) groups excluding carboxylic acids is 3. The Morgan fingerprint density at radius 3 is 2.62 bits per heavy atom. The Kier molecular flexibility index (Phi) is 7.85. The van der Waals surface area contributed by atoms with Gasteiger partial charge in [-0.3, -0.25) is 14.4 Å². The average molecular weight is 515 g/mol. The second kappa shape index (κ2) is 10.6. The molecule has 2 fully saturated rings. The van der Waals surface area contributed by atoms with E-state index >= 15 is 0 Å². The Labute approximate surface area is 220 Å². The normalized spacial score (nSPS) is 23.2. The Morgan fingerprint density at radius 1 is 1.24 bits per heavy atom. The van der Waals surface area contributed by atoms with E-state index in [1.807, 2.05) is 43.9 Å². The number of piperidine rings is 1. The number of methoxy groups -OCH3 is 1. The highest BCUT2D eigenvalue weighted by atomic mass is 16.5. The number of fused-ring (bicyclic) bond motifs is 1. The van der Waals surface area contributed by atoms with E-state index in [1.54, 1.807) is 25.9 Å². The van der Waals surface area contributed by atoms with Crippen molar-refractivity contribution >= 4 is 29.1 Å². The van der Waals surface area contributed by atoms with Crippen LogP contribution < -0.4 is 25.2 Å². The number of nitrogens with one attached hydrogen (secondary N) is 2. The summed E-state index contributed by atoms with van der Waals surface area (Å²) in [5, 5.41) is 6.45. The molecule has 2 N–H and O–H groups in total. The van der Waals surface area contributed by atoms with Gasteiger partial charge in [0.05, 0.1) is 11.6 Å². The molecule has 3 aliphatic rings. The first-order valence-corrected chi connectivity index (χ1v) is 13.4. The van der Waals surface area contributed by atoms with Crippen molar-refractivity contribution in [1.82, 2.24) is 10.6 Å². The number of carbonyl (C=O) groups is 3. The molecule has 0 aromatic heterocycles. The second-order valence-corrected chi connectivity index (χ2v) is 12.0. The predicted octanol–water partition coefficient (Wildman–Crippen LogP) is 2.86. The molecule has 1 aromatic rings. The molecule has 9 heteroatoms. The topological polar surface area (TPSA) is 100 Å². The molecule has 204 valence electrons. The van der Waals surface area contributed by atoms with Crippen LogP contribution in [0.25, 0.3) is 0 Å². The summed E-state index contributed by atoms with van der Waals surface area (Å²) in [6.45, 7) is 11.5. The van der Waals surface area contributed by atoms with Gasteiger partial charge < -0.3 is 29.9 Å². The van der Waals surface area contributed by atoms with Crippen LogP contribution in [0, 0.1) is 11.3 Å². The van der Waals surface area contributed by atoms with Crippen LogP contribution in [0.5, 0.6) is 5.75 Å². The number of rotatable bonds is 8. The largest absolute Gasteiger partial charge is 0.476 e. The van der Waals surface area contributed by atoms with E-state index in [9.17, 15) is 14.4 Å². The maximum Gasteiger partial charge on any atom is 0.270 e. The zero-order chi connectivity index (χ0) is 27.0. The third kappa shape index (κ3) is 6.09. The molecule has 1 saturated carbocycles. The molecule has 37 heavy (non-hydrogen) atoms. The Balaban J connectivity index is 1.57. The lowest BCUT2D eigenvalue weighted by molar-refractivity contribution is -0.132. The summed E-state index contributed by atoms with van der Waals surface area (Å²) >= 11 is 0. The van der Waals surface area contributed by atoms with Crippen molar-refractivity contribution in [3.63, 3.8) is 0 Å². The van der Waals surface area contributed by atoms with Crippen LogP contribution >= 0.6 is 0 Å². The monoisotopic (exact) mass is 514 g/mol. The first-order valence-electron chi connectivity index (χ1n) is 13.4. The number of nitrogens with zero attached hydrogens (tertiary/aromatic N) is 2. The molecule has 2 heterocycles. The molecule has 2 unspecified atom stereocenters. The van der Waals surface area contributed by atoms with Gasteiger partial charge in [0, 0.05) is 56.5 Å². The first kappa shape index (κ1) is 27.4. The predicted molar refractivity (Wildman–Crippen MR) is 143 cm³/mol. The van der Waals surface area contributed by atoms with E-state index in [4.69, 9.17) is 9.47 Å². The number of benzene rings is 1. The highest BCUT2D eigenvalue weighted by Gasteiger charge is 2.43. The number of anilines is 2. The standard InChI is InChI=1S/C28H42N4O5/c1-27(2,3)25(34)30-19-14-18(16-29-17-19)24(33)32(20-8-9-20)21-10-11-23-22(15-21)31(12-7-13-36-6)26(35)28(4,5)37-23/h10-11,15,18-20,29H,7-9,12-14,16-17H2,1-6H3,(H,30,34). The van der Waals surface area contributed by atoms with Crippen molar-refractivity contribution in [2.45, 2.75) is 78.0 Å². The number of hydrogen-bond acceptors (Lipinski definition) is 6. The number of hydrogen-bond donors (Lipinski definition) is 2. The molecule has 1 aromatic carbocycles.